The molecule has 0 N–H and O–H groups in total. The molecular formula is C6H13NaO3S. The largest absolute Gasteiger partial charge is 1.00 e. The van der Waals surface area contributed by atoms with Crippen molar-refractivity contribution in [3.8, 4) is 0 Å². The summed E-state index contributed by atoms with van der Waals surface area (Å²) >= 11 is 0. The van der Waals surface area contributed by atoms with Gasteiger partial charge in [0.05, 0.1) is 15.4 Å². The van der Waals surface area contributed by atoms with Crippen LogP contribution in [-0.4, -0.2) is 18.2 Å². The third-order valence-corrected chi connectivity index (χ3v) is 3.14. The molecule has 0 aromatic carbocycles. The molecule has 5 heteroatoms. The molecule has 0 bridgehead atoms. The van der Waals surface area contributed by atoms with Gasteiger partial charge < -0.3 is 4.55 Å². The van der Waals surface area contributed by atoms with Crippen molar-refractivity contribution in [2.24, 2.45) is 5.92 Å². The van der Waals surface area contributed by atoms with Gasteiger partial charge >= 0.3 is 29.6 Å². The van der Waals surface area contributed by atoms with E-state index in [0.717, 1.165) is 0 Å². The molecular weight excluding hydrogens is 175 g/mol. The van der Waals surface area contributed by atoms with Crippen molar-refractivity contribution in [1.82, 2.24) is 0 Å². The second kappa shape index (κ2) is 5.54. The number of hydrogen-bond acceptors (Lipinski definition) is 3. The van der Waals surface area contributed by atoms with E-state index in [0.29, 0.717) is 6.42 Å². The van der Waals surface area contributed by atoms with E-state index < -0.39 is 15.4 Å². The first-order valence-electron chi connectivity index (χ1n) is 3.34. The van der Waals surface area contributed by atoms with Gasteiger partial charge in [0.25, 0.3) is 0 Å². The Morgan fingerprint density at radius 2 is 1.73 bits per heavy atom. The summed E-state index contributed by atoms with van der Waals surface area (Å²) in [4.78, 5) is 0. The van der Waals surface area contributed by atoms with E-state index in [1.54, 1.807) is 20.8 Å². The molecule has 0 radical (unpaired) electrons. The van der Waals surface area contributed by atoms with Gasteiger partial charge in [-0.15, -0.1) is 0 Å². The van der Waals surface area contributed by atoms with Crippen molar-refractivity contribution in [1.29, 1.82) is 0 Å². The molecule has 0 spiro atoms. The zero-order chi connectivity index (χ0) is 8.36. The molecule has 0 aromatic rings. The van der Waals surface area contributed by atoms with Crippen LogP contribution in [-0.2, 0) is 10.1 Å². The van der Waals surface area contributed by atoms with Gasteiger partial charge in [-0.2, -0.15) is 0 Å². The number of rotatable bonds is 3. The predicted octanol–water partition coefficient (Wildman–Crippen LogP) is -2.03. The van der Waals surface area contributed by atoms with Gasteiger partial charge in [-0.25, -0.2) is 8.42 Å². The van der Waals surface area contributed by atoms with Crippen molar-refractivity contribution < 1.29 is 42.5 Å². The fourth-order valence-electron chi connectivity index (χ4n) is 1.01. The standard InChI is InChI=1S/C6H14O3S.Na/c1-4-6(5(2)3)10(7,8)9;/h5-6H,4H2,1-3H3,(H,7,8,9);/q;+1/p-1. The first-order valence-corrected chi connectivity index (χ1v) is 4.81. The van der Waals surface area contributed by atoms with Gasteiger partial charge in [-0.1, -0.05) is 20.8 Å². The average Bonchev–Trinajstić information content (AvgIpc) is 1.60. The molecule has 11 heavy (non-hydrogen) atoms. The summed E-state index contributed by atoms with van der Waals surface area (Å²) in [5.74, 6) is -0.0764. The first kappa shape index (κ1) is 14.4. The normalized spacial score (nSPS) is 14.3. The van der Waals surface area contributed by atoms with Gasteiger partial charge in [0, 0.05) is 0 Å². The van der Waals surface area contributed by atoms with Gasteiger partial charge in [0.15, 0.2) is 0 Å². The summed E-state index contributed by atoms with van der Waals surface area (Å²) in [6.45, 7) is 5.19. The van der Waals surface area contributed by atoms with Crippen LogP contribution >= 0.6 is 0 Å². The molecule has 0 heterocycles. The SMILES string of the molecule is CCC(C(C)C)S(=O)(=O)[O-].[Na+]. The Balaban J connectivity index is 0. The Bertz CT molecular complexity index is 186. The molecule has 1 unspecified atom stereocenters. The Morgan fingerprint density at radius 3 is 1.73 bits per heavy atom. The van der Waals surface area contributed by atoms with Crippen LogP contribution in [0.15, 0.2) is 0 Å². The van der Waals surface area contributed by atoms with Crippen molar-refractivity contribution in [2.75, 3.05) is 0 Å². The zero-order valence-electron chi connectivity index (χ0n) is 7.49. The van der Waals surface area contributed by atoms with Gasteiger partial charge in [0.1, 0.15) is 0 Å². The van der Waals surface area contributed by atoms with E-state index in [1.165, 1.54) is 0 Å². The van der Waals surface area contributed by atoms with Crippen LogP contribution in [0.2, 0.25) is 0 Å². The maximum atomic E-state index is 10.4. The molecule has 0 amide bonds. The second-order valence-corrected chi connectivity index (χ2v) is 4.27. The molecule has 1 atom stereocenters. The monoisotopic (exact) mass is 188 g/mol. The maximum absolute atomic E-state index is 10.4. The van der Waals surface area contributed by atoms with Crippen molar-refractivity contribution in [3.05, 3.63) is 0 Å². The molecule has 0 aliphatic heterocycles. The van der Waals surface area contributed by atoms with Gasteiger partial charge in [0.2, 0.25) is 0 Å². The van der Waals surface area contributed by atoms with Crippen LogP contribution in [0, 0.1) is 5.92 Å². The molecule has 62 valence electrons. The van der Waals surface area contributed by atoms with Crippen LogP contribution < -0.4 is 29.6 Å². The molecule has 0 aliphatic carbocycles. The molecule has 0 rings (SSSR count). The summed E-state index contributed by atoms with van der Waals surface area (Å²) in [7, 11) is -4.06. The van der Waals surface area contributed by atoms with Crippen LogP contribution in [0.4, 0.5) is 0 Å². The van der Waals surface area contributed by atoms with Crippen molar-refractivity contribution >= 4 is 10.1 Å². The van der Waals surface area contributed by atoms with E-state index in [2.05, 4.69) is 0 Å². The Labute approximate surface area is 90.6 Å². The average molecular weight is 188 g/mol. The summed E-state index contributed by atoms with van der Waals surface area (Å²) in [6, 6.07) is 0. The smallest absolute Gasteiger partial charge is 0.748 e. The summed E-state index contributed by atoms with van der Waals surface area (Å²) < 4.78 is 31.3. The molecule has 0 fully saturated rings. The molecule has 3 nitrogen and oxygen atoms in total. The van der Waals surface area contributed by atoms with E-state index in [-0.39, 0.29) is 35.5 Å². The molecule has 0 aromatic heterocycles. The van der Waals surface area contributed by atoms with E-state index in [9.17, 15) is 13.0 Å². The fraction of sp³-hybridized carbons (Fsp3) is 1.00. The van der Waals surface area contributed by atoms with E-state index in [4.69, 9.17) is 0 Å². The molecule has 0 saturated heterocycles. The Kier molecular flexibility index (Phi) is 7.27. The third-order valence-electron chi connectivity index (χ3n) is 1.52. The van der Waals surface area contributed by atoms with Crippen LogP contribution in [0.5, 0.6) is 0 Å². The van der Waals surface area contributed by atoms with Crippen molar-refractivity contribution in [3.63, 3.8) is 0 Å². The Hall–Kier alpha value is 0.910. The minimum Gasteiger partial charge on any atom is -0.748 e. The Morgan fingerprint density at radius 1 is 1.36 bits per heavy atom. The minimum atomic E-state index is -4.06. The zero-order valence-corrected chi connectivity index (χ0v) is 10.3. The van der Waals surface area contributed by atoms with Crippen LogP contribution in [0.3, 0.4) is 0 Å². The maximum Gasteiger partial charge on any atom is 1.00 e. The fourth-order valence-corrected chi connectivity index (χ4v) is 2.08. The van der Waals surface area contributed by atoms with E-state index in [1.807, 2.05) is 0 Å². The first-order chi connectivity index (χ1) is 4.39. The number of hydrogen-bond donors (Lipinski definition) is 0. The van der Waals surface area contributed by atoms with Crippen LogP contribution in [0.25, 0.3) is 0 Å². The summed E-state index contributed by atoms with van der Waals surface area (Å²) in [5.41, 5.74) is 0. The molecule has 0 aliphatic rings. The third kappa shape index (κ3) is 5.20. The van der Waals surface area contributed by atoms with Crippen LogP contribution in [0.1, 0.15) is 27.2 Å². The van der Waals surface area contributed by atoms with Gasteiger partial charge in [-0.3, -0.25) is 0 Å². The second-order valence-electron chi connectivity index (χ2n) is 2.68. The summed E-state index contributed by atoms with van der Waals surface area (Å²) in [5, 5.41) is -0.715. The van der Waals surface area contributed by atoms with Crippen molar-refractivity contribution in [2.45, 2.75) is 32.4 Å². The quantitative estimate of drug-likeness (QED) is 0.379. The topological polar surface area (TPSA) is 57.2 Å². The van der Waals surface area contributed by atoms with Gasteiger partial charge in [-0.05, 0) is 12.3 Å². The molecule has 0 saturated carbocycles. The predicted molar refractivity (Wildman–Crippen MR) is 38.6 cm³/mol. The summed E-state index contributed by atoms with van der Waals surface area (Å²) in [6.07, 6.45) is 0.406. The minimum absolute atomic E-state index is 0. The van der Waals surface area contributed by atoms with E-state index >= 15 is 0 Å².